The summed E-state index contributed by atoms with van der Waals surface area (Å²) in [6.07, 6.45) is 6.07. The van der Waals surface area contributed by atoms with Crippen LogP contribution in [0.2, 0.25) is 0 Å². The summed E-state index contributed by atoms with van der Waals surface area (Å²) in [4.78, 5) is 12.1. The summed E-state index contributed by atoms with van der Waals surface area (Å²) >= 11 is 0. The Hall–Kier alpha value is -3.09. The Balaban J connectivity index is 1.55. The third-order valence-electron chi connectivity index (χ3n) is 3.78. The fourth-order valence-electron chi connectivity index (χ4n) is 2.31. The zero-order chi connectivity index (χ0) is 17.6. The summed E-state index contributed by atoms with van der Waals surface area (Å²) in [5, 5.41) is 11.1. The standard InChI is InChI=1S/C18H21N5O2/c1-3-14-5-7-16(8-6-14)25-13-23-12-15(11-19-23)20-18(24)17-9-10-22(4-2)21-17/h5-12H,3-4,13H2,1-2H3,(H,20,24). The van der Waals surface area contributed by atoms with Crippen LogP contribution < -0.4 is 10.1 Å². The van der Waals surface area contributed by atoms with Gasteiger partial charge in [-0.2, -0.15) is 10.2 Å². The van der Waals surface area contributed by atoms with Gasteiger partial charge in [-0.3, -0.25) is 9.48 Å². The molecule has 0 fully saturated rings. The molecule has 0 spiro atoms. The van der Waals surface area contributed by atoms with Gasteiger partial charge in [0.05, 0.1) is 18.1 Å². The molecule has 0 unspecified atom stereocenters. The fraction of sp³-hybridized carbons (Fsp3) is 0.278. The van der Waals surface area contributed by atoms with E-state index in [0.29, 0.717) is 11.4 Å². The van der Waals surface area contributed by atoms with E-state index in [9.17, 15) is 4.79 Å². The Bertz CT molecular complexity index is 835. The second kappa shape index (κ2) is 7.65. The van der Waals surface area contributed by atoms with Crippen molar-refractivity contribution in [1.82, 2.24) is 19.6 Å². The van der Waals surface area contributed by atoms with Gasteiger partial charge in [-0.25, -0.2) is 4.68 Å². The van der Waals surface area contributed by atoms with Crippen molar-refractivity contribution in [2.24, 2.45) is 0 Å². The molecule has 130 valence electrons. The fourth-order valence-corrected chi connectivity index (χ4v) is 2.31. The maximum absolute atomic E-state index is 12.1. The van der Waals surface area contributed by atoms with Gasteiger partial charge in [0.15, 0.2) is 12.4 Å². The van der Waals surface area contributed by atoms with Crippen LogP contribution in [0.25, 0.3) is 0 Å². The molecule has 25 heavy (non-hydrogen) atoms. The summed E-state index contributed by atoms with van der Waals surface area (Å²) in [5.41, 5.74) is 2.24. The lowest BCUT2D eigenvalue weighted by atomic mass is 10.2. The number of rotatable bonds is 7. The number of carbonyl (C=O) groups is 1. The van der Waals surface area contributed by atoms with Gasteiger partial charge in [0, 0.05) is 12.7 Å². The van der Waals surface area contributed by atoms with Crippen LogP contribution in [0.3, 0.4) is 0 Å². The molecule has 0 atom stereocenters. The quantitative estimate of drug-likeness (QED) is 0.718. The van der Waals surface area contributed by atoms with Crippen molar-refractivity contribution >= 4 is 11.6 Å². The largest absolute Gasteiger partial charge is 0.471 e. The second-order valence-corrected chi connectivity index (χ2v) is 5.55. The minimum atomic E-state index is -0.261. The molecule has 0 saturated heterocycles. The molecule has 3 aromatic rings. The Morgan fingerprint density at radius 3 is 2.64 bits per heavy atom. The number of nitrogens with one attached hydrogen (secondary N) is 1. The minimum Gasteiger partial charge on any atom is -0.471 e. The predicted octanol–water partition coefficient (Wildman–Crippen LogP) is 2.95. The van der Waals surface area contributed by atoms with Gasteiger partial charge in [-0.05, 0) is 37.1 Å². The first kappa shape index (κ1) is 16.8. The van der Waals surface area contributed by atoms with E-state index >= 15 is 0 Å². The molecule has 1 amide bonds. The van der Waals surface area contributed by atoms with Crippen LogP contribution in [0.15, 0.2) is 48.9 Å². The van der Waals surface area contributed by atoms with Crippen molar-refractivity contribution in [3.8, 4) is 5.75 Å². The molecule has 1 N–H and O–H groups in total. The third-order valence-corrected chi connectivity index (χ3v) is 3.78. The monoisotopic (exact) mass is 339 g/mol. The zero-order valence-electron chi connectivity index (χ0n) is 14.3. The van der Waals surface area contributed by atoms with E-state index in [2.05, 4.69) is 22.4 Å². The molecule has 3 rings (SSSR count). The Labute approximate surface area is 146 Å². The van der Waals surface area contributed by atoms with Crippen molar-refractivity contribution in [3.63, 3.8) is 0 Å². The molecule has 0 saturated carbocycles. The summed E-state index contributed by atoms with van der Waals surface area (Å²) < 4.78 is 9.01. The van der Waals surface area contributed by atoms with Gasteiger partial charge in [0.25, 0.3) is 5.91 Å². The number of hydrogen-bond donors (Lipinski definition) is 1. The van der Waals surface area contributed by atoms with E-state index in [1.165, 1.54) is 5.56 Å². The highest BCUT2D eigenvalue weighted by molar-refractivity contribution is 6.02. The molecule has 7 heteroatoms. The number of anilines is 1. The smallest absolute Gasteiger partial charge is 0.276 e. The van der Waals surface area contributed by atoms with Gasteiger partial charge < -0.3 is 10.1 Å². The summed E-state index contributed by atoms with van der Waals surface area (Å²) in [7, 11) is 0. The number of ether oxygens (including phenoxy) is 1. The van der Waals surface area contributed by atoms with Crippen LogP contribution in [0.5, 0.6) is 5.75 Å². The lowest BCUT2D eigenvalue weighted by molar-refractivity contribution is 0.102. The van der Waals surface area contributed by atoms with Crippen LogP contribution in [-0.2, 0) is 19.7 Å². The number of amides is 1. The third kappa shape index (κ3) is 4.26. The van der Waals surface area contributed by atoms with Crippen LogP contribution in [0.1, 0.15) is 29.9 Å². The van der Waals surface area contributed by atoms with E-state index < -0.39 is 0 Å². The highest BCUT2D eigenvalue weighted by atomic mass is 16.5. The first-order valence-corrected chi connectivity index (χ1v) is 8.27. The van der Waals surface area contributed by atoms with Crippen LogP contribution in [0.4, 0.5) is 5.69 Å². The topological polar surface area (TPSA) is 74.0 Å². The van der Waals surface area contributed by atoms with E-state index in [1.807, 2.05) is 31.2 Å². The number of aromatic nitrogens is 4. The van der Waals surface area contributed by atoms with Crippen LogP contribution >= 0.6 is 0 Å². The van der Waals surface area contributed by atoms with Crippen molar-refractivity contribution in [2.45, 2.75) is 33.5 Å². The average molecular weight is 339 g/mol. The number of nitrogens with zero attached hydrogens (tertiary/aromatic N) is 4. The van der Waals surface area contributed by atoms with Crippen molar-refractivity contribution in [2.75, 3.05) is 5.32 Å². The molecule has 0 aliphatic carbocycles. The first-order valence-electron chi connectivity index (χ1n) is 8.27. The molecule has 2 aromatic heterocycles. The Kier molecular flexibility index (Phi) is 5.13. The number of hydrogen-bond acceptors (Lipinski definition) is 4. The second-order valence-electron chi connectivity index (χ2n) is 5.55. The van der Waals surface area contributed by atoms with E-state index in [-0.39, 0.29) is 12.6 Å². The van der Waals surface area contributed by atoms with Crippen LogP contribution in [-0.4, -0.2) is 25.5 Å². The highest BCUT2D eigenvalue weighted by Crippen LogP contribution is 2.14. The minimum absolute atomic E-state index is 0.261. The molecule has 7 nitrogen and oxygen atoms in total. The first-order chi connectivity index (χ1) is 12.2. The van der Waals surface area contributed by atoms with Gasteiger partial charge in [-0.15, -0.1) is 0 Å². The zero-order valence-corrected chi connectivity index (χ0v) is 14.3. The summed E-state index contributed by atoms with van der Waals surface area (Å²) in [5.74, 6) is 0.520. The molecule has 0 radical (unpaired) electrons. The lowest BCUT2D eigenvalue weighted by Gasteiger charge is -2.06. The number of aryl methyl sites for hydroxylation is 2. The van der Waals surface area contributed by atoms with Gasteiger partial charge in [0.1, 0.15) is 5.75 Å². The number of carbonyl (C=O) groups excluding carboxylic acids is 1. The molecule has 2 heterocycles. The highest BCUT2D eigenvalue weighted by Gasteiger charge is 2.10. The molecule has 1 aromatic carbocycles. The molecule has 0 bridgehead atoms. The maximum Gasteiger partial charge on any atom is 0.276 e. The molecular formula is C18H21N5O2. The van der Waals surface area contributed by atoms with E-state index in [4.69, 9.17) is 4.74 Å². The summed E-state index contributed by atoms with van der Waals surface area (Å²) in [6.45, 7) is 5.07. The Morgan fingerprint density at radius 2 is 1.96 bits per heavy atom. The lowest BCUT2D eigenvalue weighted by Crippen LogP contribution is -2.13. The molecule has 0 aliphatic heterocycles. The average Bonchev–Trinajstić information content (AvgIpc) is 3.29. The van der Waals surface area contributed by atoms with Gasteiger partial charge in [-0.1, -0.05) is 19.1 Å². The maximum atomic E-state index is 12.1. The molecule has 0 aliphatic rings. The van der Waals surface area contributed by atoms with Crippen molar-refractivity contribution in [3.05, 3.63) is 60.2 Å². The van der Waals surface area contributed by atoms with Crippen LogP contribution in [0, 0.1) is 0 Å². The molecular weight excluding hydrogens is 318 g/mol. The summed E-state index contributed by atoms with van der Waals surface area (Å²) in [6, 6.07) is 9.65. The van der Waals surface area contributed by atoms with Gasteiger partial charge in [0.2, 0.25) is 0 Å². The van der Waals surface area contributed by atoms with E-state index in [0.717, 1.165) is 18.7 Å². The normalized spacial score (nSPS) is 10.6. The number of benzene rings is 1. The van der Waals surface area contributed by atoms with Crippen molar-refractivity contribution < 1.29 is 9.53 Å². The SMILES string of the molecule is CCc1ccc(OCn2cc(NC(=O)c3ccn(CC)n3)cn2)cc1. The predicted molar refractivity (Wildman–Crippen MR) is 94.5 cm³/mol. The van der Waals surface area contributed by atoms with Crippen molar-refractivity contribution in [1.29, 1.82) is 0 Å². The van der Waals surface area contributed by atoms with E-state index in [1.54, 1.807) is 34.0 Å². The van der Waals surface area contributed by atoms with Gasteiger partial charge >= 0.3 is 0 Å². The Morgan fingerprint density at radius 1 is 1.16 bits per heavy atom.